The van der Waals surface area contributed by atoms with E-state index in [0.29, 0.717) is 12.6 Å². The van der Waals surface area contributed by atoms with E-state index >= 15 is 0 Å². The third-order valence-electron chi connectivity index (χ3n) is 4.89. The van der Waals surface area contributed by atoms with Gasteiger partial charge in [0.15, 0.2) is 15.8 Å². The average Bonchev–Trinajstić information content (AvgIpc) is 3.35. The number of benzene rings is 1. The van der Waals surface area contributed by atoms with E-state index in [9.17, 15) is 4.79 Å². The molecular formula is C19H24N4O3S2. The van der Waals surface area contributed by atoms with Crippen molar-refractivity contribution in [1.82, 2.24) is 15.5 Å². The molecule has 0 spiro atoms. The lowest BCUT2D eigenvalue weighted by Crippen LogP contribution is -2.30. The van der Waals surface area contributed by atoms with E-state index in [0.717, 1.165) is 26.5 Å². The molecule has 7 nitrogen and oxygen atoms in total. The van der Waals surface area contributed by atoms with Crippen LogP contribution in [0.4, 0.5) is 5.13 Å². The predicted molar refractivity (Wildman–Crippen MR) is 110 cm³/mol. The van der Waals surface area contributed by atoms with E-state index in [-0.39, 0.29) is 18.0 Å². The molecule has 1 aromatic heterocycles. The van der Waals surface area contributed by atoms with Crippen molar-refractivity contribution in [2.75, 3.05) is 12.1 Å². The van der Waals surface area contributed by atoms with Crippen molar-refractivity contribution in [3.8, 4) is 11.5 Å². The van der Waals surface area contributed by atoms with Crippen LogP contribution in [0.1, 0.15) is 44.6 Å². The fourth-order valence-electron chi connectivity index (χ4n) is 3.33. The van der Waals surface area contributed by atoms with Gasteiger partial charge in [-0.1, -0.05) is 48.4 Å². The molecule has 2 heterocycles. The van der Waals surface area contributed by atoms with Crippen molar-refractivity contribution >= 4 is 34.1 Å². The molecular weight excluding hydrogens is 396 g/mol. The first-order chi connectivity index (χ1) is 13.7. The number of nitrogens with zero attached hydrogens (tertiary/aromatic N) is 2. The number of hydrogen-bond acceptors (Lipinski definition) is 8. The first-order valence-electron chi connectivity index (χ1n) is 9.60. The first kappa shape index (κ1) is 19.3. The molecule has 0 unspecified atom stereocenters. The molecule has 0 radical (unpaired) electrons. The third kappa shape index (κ3) is 4.88. The Labute approximate surface area is 172 Å². The number of anilines is 1. The van der Waals surface area contributed by atoms with Crippen LogP contribution in [0, 0.1) is 0 Å². The molecule has 0 saturated heterocycles. The third-order valence-corrected chi connectivity index (χ3v) is 6.93. The number of carbonyl (C=O) groups is 1. The number of thioether (sulfide) groups is 1. The van der Waals surface area contributed by atoms with Crippen LogP contribution in [-0.4, -0.2) is 34.2 Å². The minimum atomic E-state index is -0.246. The van der Waals surface area contributed by atoms with Gasteiger partial charge in [0.25, 0.3) is 0 Å². The molecule has 1 amide bonds. The number of ether oxygens (including phenoxy) is 2. The number of hydrogen-bond donors (Lipinski definition) is 2. The minimum Gasteiger partial charge on any atom is -0.454 e. The number of rotatable bonds is 7. The lowest BCUT2D eigenvalue weighted by Gasteiger charge is -2.21. The largest absolute Gasteiger partial charge is 0.454 e. The van der Waals surface area contributed by atoms with Gasteiger partial charge in [-0.15, -0.1) is 10.2 Å². The van der Waals surface area contributed by atoms with Crippen LogP contribution in [0.5, 0.6) is 11.5 Å². The highest BCUT2D eigenvalue weighted by atomic mass is 32.2. The number of fused-ring (bicyclic) bond motifs is 1. The Morgan fingerprint density at radius 2 is 2.07 bits per heavy atom. The molecule has 150 valence electrons. The van der Waals surface area contributed by atoms with Gasteiger partial charge in [-0.3, -0.25) is 4.79 Å². The van der Waals surface area contributed by atoms with Crippen LogP contribution < -0.4 is 20.1 Å². The molecule has 4 rings (SSSR count). The fourth-order valence-corrected chi connectivity index (χ4v) is 5.32. The second kappa shape index (κ2) is 9.00. The normalized spacial score (nSPS) is 17.3. The summed E-state index contributed by atoms with van der Waals surface area (Å²) in [7, 11) is 0. The zero-order chi connectivity index (χ0) is 19.3. The van der Waals surface area contributed by atoms with Crippen LogP contribution in [-0.2, 0) is 11.3 Å². The molecule has 1 aromatic carbocycles. The second-order valence-corrected chi connectivity index (χ2v) is 9.58. The molecule has 28 heavy (non-hydrogen) atoms. The molecule has 0 bridgehead atoms. The monoisotopic (exact) mass is 420 g/mol. The summed E-state index contributed by atoms with van der Waals surface area (Å²) in [4.78, 5) is 12.4. The predicted octanol–water partition coefficient (Wildman–Crippen LogP) is 3.81. The fraction of sp³-hybridized carbons (Fsp3) is 0.526. The van der Waals surface area contributed by atoms with Gasteiger partial charge in [0.05, 0.1) is 5.25 Å². The van der Waals surface area contributed by atoms with Crippen LogP contribution in [0.2, 0.25) is 0 Å². The van der Waals surface area contributed by atoms with Crippen molar-refractivity contribution in [1.29, 1.82) is 0 Å². The quantitative estimate of drug-likeness (QED) is 0.659. The van der Waals surface area contributed by atoms with Crippen molar-refractivity contribution in [2.45, 2.75) is 61.2 Å². The number of aromatic nitrogens is 2. The number of carbonyl (C=O) groups excluding carboxylic acids is 1. The Balaban J connectivity index is 1.25. The Morgan fingerprint density at radius 1 is 1.25 bits per heavy atom. The summed E-state index contributed by atoms with van der Waals surface area (Å²) >= 11 is 2.96. The molecule has 1 aliphatic carbocycles. The summed E-state index contributed by atoms with van der Waals surface area (Å²) in [6, 6.07) is 6.19. The maximum atomic E-state index is 12.4. The van der Waals surface area contributed by atoms with Gasteiger partial charge >= 0.3 is 0 Å². The van der Waals surface area contributed by atoms with Gasteiger partial charge in [-0.05, 0) is 37.5 Å². The van der Waals surface area contributed by atoms with Crippen molar-refractivity contribution < 1.29 is 14.3 Å². The molecule has 2 N–H and O–H groups in total. The Morgan fingerprint density at radius 3 is 2.93 bits per heavy atom. The van der Waals surface area contributed by atoms with Crippen molar-refractivity contribution in [3.63, 3.8) is 0 Å². The van der Waals surface area contributed by atoms with Crippen LogP contribution in [0.25, 0.3) is 0 Å². The zero-order valence-corrected chi connectivity index (χ0v) is 17.4. The Hall–Kier alpha value is -2.00. The summed E-state index contributed by atoms with van der Waals surface area (Å²) in [5, 5.41) is 15.5. The van der Waals surface area contributed by atoms with E-state index in [1.165, 1.54) is 55.2 Å². The summed E-state index contributed by atoms with van der Waals surface area (Å²) in [6.07, 6.45) is 6.27. The SMILES string of the molecule is C[C@@H](Sc1nnc(NC2CCCCC2)s1)C(=O)NCc1ccc2c(c1)OCO2. The highest BCUT2D eigenvalue weighted by Gasteiger charge is 2.19. The molecule has 1 atom stereocenters. The molecule has 1 aliphatic heterocycles. The van der Waals surface area contributed by atoms with Crippen LogP contribution in [0.15, 0.2) is 22.5 Å². The van der Waals surface area contributed by atoms with Gasteiger partial charge in [-0.25, -0.2) is 0 Å². The second-order valence-electron chi connectivity index (χ2n) is 7.02. The van der Waals surface area contributed by atoms with Crippen molar-refractivity contribution in [3.05, 3.63) is 23.8 Å². The van der Waals surface area contributed by atoms with Crippen molar-refractivity contribution in [2.24, 2.45) is 0 Å². The molecule has 1 saturated carbocycles. The number of amides is 1. The summed E-state index contributed by atoms with van der Waals surface area (Å²) in [5.74, 6) is 1.44. The lowest BCUT2D eigenvalue weighted by molar-refractivity contribution is -0.120. The van der Waals surface area contributed by atoms with Gasteiger partial charge in [0.2, 0.25) is 17.8 Å². The Kier molecular flexibility index (Phi) is 6.21. The summed E-state index contributed by atoms with van der Waals surface area (Å²) in [6.45, 7) is 2.58. The minimum absolute atomic E-state index is 0.0281. The van der Waals surface area contributed by atoms with E-state index in [1.807, 2.05) is 25.1 Å². The molecule has 2 aromatic rings. The smallest absolute Gasteiger partial charge is 0.233 e. The van der Waals surface area contributed by atoms with E-state index < -0.39 is 0 Å². The van der Waals surface area contributed by atoms with Gasteiger partial charge in [0, 0.05) is 12.6 Å². The first-order valence-corrected chi connectivity index (χ1v) is 11.3. The van der Waals surface area contributed by atoms with Gasteiger partial charge in [-0.2, -0.15) is 0 Å². The summed E-state index contributed by atoms with van der Waals surface area (Å²) < 4.78 is 11.5. The van der Waals surface area contributed by atoms with Gasteiger partial charge < -0.3 is 20.1 Å². The molecule has 1 fully saturated rings. The topological polar surface area (TPSA) is 85.4 Å². The standard InChI is InChI=1S/C19H24N4O3S2/c1-12(17(24)20-10-13-7-8-15-16(9-13)26-11-25-15)27-19-23-22-18(28-19)21-14-5-3-2-4-6-14/h7-9,12,14H,2-6,10-11H2,1H3,(H,20,24)(H,21,22)/t12-/m1/s1. The van der Waals surface area contributed by atoms with Crippen LogP contribution >= 0.6 is 23.1 Å². The average molecular weight is 421 g/mol. The lowest BCUT2D eigenvalue weighted by atomic mass is 9.96. The van der Waals surface area contributed by atoms with Crippen LogP contribution in [0.3, 0.4) is 0 Å². The van der Waals surface area contributed by atoms with E-state index in [4.69, 9.17) is 9.47 Å². The van der Waals surface area contributed by atoms with E-state index in [1.54, 1.807) is 0 Å². The summed E-state index contributed by atoms with van der Waals surface area (Å²) in [5.41, 5.74) is 0.977. The number of nitrogens with one attached hydrogen (secondary N) is 2. The maximum absolute atomic E-state index is 12.4. The van der Waals surface area contributed by atoms with E-state index in [2.05, 4.69) is 20.8 Å². The maximum Gasteiger partial charge on any atom is 0.233 e. The Bertz CT molecular complexity index is 823. The highest BCUT2D eigenvalue weighted by Crippen LogP contribution is 2.33. The van der Waals surface area contributed by atoms with Gasteiger partial charge in [0.1, 0.15) is 0 Å². The zero-order valence-electron chi connectivity index (χ0n) is 15.8. The molecule has 9 heteroatoms. The molecule has 2 aliphatic rings. The highest BCUT2D eigenvalue weighted by molar-refractivity contribution is 8.02.